The van der Waals surface area contributed by atoms with Crippen molar-refractivity contribution in [3.8, 4) is 0 Å². The Kier molecular flexibility index (Phi) is 4.17. The van der Waals surface area contributed by atoms with Crippen LogP contribution in [0.2, 0.25) is 0 Å². The number of nitro benzene ring substituents is 1. The van der Waals surface area contributed by atoms with Crippen LogP contribution in [0.4, 0.5) is 11.4 Å². The number of hydrogen-bond acceptors (Lipinski definition) is 4. The number of amides is 1. The number of nitrogens with zero attached hydrogens (tertiary/aromatic N) is 2. The molecule has 6 heteroatoms. The molecule has 1 amide bonds. The highest BCUT2D eigenvalue weighted by molar-refractivity contribution is 5.94. The van der Waals surface area contributed by atoms with Crippen molar-refractivity contribution in [1.82, 2.24) is 0 Å². The van der Waals surface area contributed by atoms with Gasteiger partial charge in [-0.25, -0.2) is 0 Å². The first kappa shape index (κ1) is 13.1. The van der Waals surface area contributed by atoms with E-state index in [4.69, 9.17) is 5.73 Å². The molecule has 6 nitrogen and oxygen atoms in total. The lowest BCUT2D eigenvalue weighted by Crippen LogP contribution is -2.35. The van der Waals surface area contributed by atoms with Crippen molar-refractivity contribution in [3.63, 3.8) is 0 Å². The molecule has 0 bridgehead atoms. The van der Waals surface area contributed by atoms with Gasteiger partial charge in [0, 0.05) is 37.3 Å². The van der Waals surface area contributed by atoms with Crippen molar-refractivity contribution in [3.05, 3.63) is 34.4 Å². The molecule has 0 saturated carbocycles. The molecular weight excluding hydrogens is 222 g/mol. The van der Waals surface area contributed by atoms with E-state index in [0.29, 0.717) is 5.69 Å². The van der Waals surface area contributed by atoms with E-state index in [-0.39, 0.29) is 24.1 Å². The van der Waals surface area contributed by atoms with Crippen molar-refractivity contribution in [1.29, 1.82) is 0 Å². The summed E-state index contributed by atoms with van der Waals surface area (Å²) in [6.45, 7) is 2.01. The monoisotopic (exact) mass is 237 g/mol. The van der Waals surface area contributed by atoms with E-state index in [1.165, 1.54) is 17.0 Å². The zero-order valence-corrected chi connectivity index (χ0v) is 9.79. The minimum absolute atomic E-state index is 0.00136. The molecule has 17 heavy (non-hydrogen) atoms. The third-order valence-corrected chi connectivity index (χ3v) is 2.55. The van der Waals surface area contributed by atoms with Gasteiger partial charge in [0.25, 0.3) is 5.69 Å². The topological polar surface area (TPSA) is 89.5 Å². The van der Waals surface area contributed by atoms with Crippen molar-refractivity contribution in [2.75, 3.05) is 18.5 Å². The molecule has 1 atom stereocenters. The predicted molar refractivity (Wildman–Crippen MR) is 64.7 cm³/mol. The van der Waals surface area contributed by atoms with Crippen LogP contribution >= 0.6 is 0 Å². The van der Waals surface area contributed by atoms with E-state index in [0.717, 1.165) is 0 Å². The SMILES string of the molecule is CC(CN)C(=O)N(C)c1ccc([N+](=O)[O-])cc1. The molecule has 0 spiro atoms. The molecule has 0 radical (unpaired) electrons. The van der Waals surface area contributed by atoms with Crippen LogP contribution in [0.15, 0.2) is 24.3 Å². The number of carbonyl (C=O) groups is 1. The van der Waals surface area contributed by atoms with E-state index in [2.05, 4.69) is 0 Å². The molecule has 0 heterocycles. The maximum atomic E-state index is 11.8. The summed E-state index contributed by atoms with van der Waals surface area (Å²) in [5, 5.41) is 10.5. The number of rotatable bonds is 4. The van der Waals surface area contributed by atoms with Crippen LogP contribution in [0, 0.1) is 16.0 Å². The molecule has 0 aliphatic heterocycles. The Labute approximate surface area is 99.2 Å². The highest BCUT2D eigenvalue weighted by Gasteiger charge is 2.17. The number of anilines is 1. The number of non-ortho nitro benzene ring substituents is 1. The number of benzene rings is 1. The predicted octanol–water partition coefficient (Wildman–Crippen LogP) is 1.15. The van der Waals surface area contributed by atoms with Crippen LogP contribution in [-0.4, -0.2) is 24.4 Å². The largest absolute Gasteiger partial charge is 0.330 e. The fourth-order valence-corrected chi connectivity index (χ4v) is 1.36. The van der Waals surface area contributed by atoms with Crippen molar-refractivity contribution in [2.24, 2.45) is 11.7 Å². The fraction of sp³-hybridized carbons (Fsp3) is 0.364. The summed E-state index contributed by atoms with van der Waals surface area (Å²) in [4.78, 5) is 23.3. The second-order valence-corrected chi connectivity index (χ2v) is 3.81. The van der Waals surface area contributed by atoms with Gasteiger partial charge in [0.05, 0.1) is 4.92 Å². The highest BCUT2D eigenvalue weighted by atomic mass is 16.6. The molecule has 0 aliphatic rings. The van der Waals surface area contributed by atoms with Gasteiger partial charge in [-0.3, -0.25) is 14.9 Å². The lowest BCUT2D eigenvalue weighted by Gasteiger charge is -2.20. The summed E-state index contributed by atoms with van der Waals surface area (Å²) in [6.07, 6.45) is 0. The number of nitro groups is 1. The van der Waals surface area contributed by atoms with Gasteiger partial charge in [0.2, 0.25) is 5.91 Å². The molecule has 0 aromatic heterocycles. The average Bonchev–Trinajstić information content (AvgIpc) is 2.36. The van der Waals surface area contributed by atoms with Gasteiger partial charge >= 0.3 is 0 Å². The molecule has 1 rings (SSSR count). The summed E-state index contributed by atoms with van der Waals surface area (Å²) >= 11 is 0. The normalized spacial score (nSPS) is 11.9. The zero-order chi connectivity index (χ0) is 13.0. The van der Waals surface area contributed by atoms with Gasteiger partial charge in [-0.1, -0.05) is 6.92 Å². The molecule has 0 fully saturated rings. The Morgan fingerprint density at radius 1 is 1.47 bits per heavy atom. The first-order valence-electron chi connectivity index (χ1n) is 5.19. The van der Waals surface area contributed by atoms with Crippen molar-refractivity contribution >= 4 is 17.3 Å². The first-order chi connectivity index (χ1) is 7.97. The third kappa shape index (κ3) is 3.01. The molecule has 1 aromatic rings. The minimum atomic E-state index is -0.478. The maximum absolute atomic E-state index is 11.8. The van der Waals surface area contributed by atoms with Gasteiger partial charge in [0.1, 0.15) is 0 Å². The highest BCUT2D eigenvalue weighted by Crippen LogP contribution is 2.19. The quantitative estimate of drug-likeness (QED) is 0.628. The van der Waals surface area contributed by atoms with Gasteiger partial charge in [-0.05, 0) is 12.1 Å². The molecule has 1 unspecified atom stereocenters. The Bertz CT molecular complexity index is 416. The molecule has 0 saturated heterocycles. The van der Waals surface area contributed by atoms with Crippen LogP contribution in [0.25, 0.3) is 0 Å². The number of hydrogen-bond donors (Lipinski definition) is 1. The maximum Gasteiger partial charge on any atom is 0.269 e. The number of nitrogens with two attached hydrogens (primary N) is 1. The summed E-state index contributed by atoms with van der Waals surface area (Å²) in [6, 6.07) is 5.82. The van der Waals surface area contributed by atoms with Crippen LogP contribution in [0.3, 0.4) is 0 Å². The van der Waals surface area contributed by atoms with Gasteiger partial charge in [0.15, 0.2) is 0 Å². The standard InChI is InChI=1S/C11H15N3O3/c1-8(7-12)11(15)13(2)9-3-5-10(6-4-9)14(16)17/h3-6,8H,7,12H2,1-2H3. The minimum Gasteiger partial charge on any atom is -0.330 e. The molecular formula is C11H15N3O3. The average molecular weight is 237 g/mol. The zero-order valence-electron chi connectivity index (χ0n) is 9.79. The van der Waals surface area contributed by atoms with Crippen LogP contribution in [0.1, 0.15) is 6.92 Å². The van der Waals surface area contributed by atoms with Gasteiger partial charge in [-0.2, -0.15) is 0 Å². The van der Waals surface area contributed by atoms with Gasteiger partial charge in [-0.15, -0.1) is 0 Å². The first-order valence-corrected chi connectivity index (χ1v) is 5.19. The smallest absolute Gasteiger partial charge is 0.269 e. The number of carbonyl (C=O) groups excluding carboxylic acids is 1. The summed E-state index contributed by atoms with van der Waals surface area (Å²) in [7, 11) is 1.62. The second-order valence-electron chi connectivity index (χ2n) is 3.81. The van der Waals surface area contributed by atoms with E-state index >= 15 is 0 Å². The van der Waals surface area contributed by atoms with E-state index in [1.54, 1.807) is 26.1 Å². The molecule has 0 aliphatic carbocycles. The van der Waals surface area contributed by atoms with Crippen molar-refractivity contribution in [2.45, 2.75) is 6.92 Å². The Morgan fingerprint density at radius 2 is 2.00 bits per heavy atom. The molecule has 92 valence electrons. The Morgan fingerprint density at radius 3 is 2.41 bits per heavy atom. The Balaban J connectivity index is 2.86. The van der Waals surface area contributed by atoms with Crippen LogP contribution in [0.5, 0.6) is 0 Å². The summed E-state index contributed by atoms with van der Waals surface area (Å²) < 4.78 is 0. The van der Waals surface area contributed by atoms with E-state index in [9.17, 15) is 14.9 Å². The Hall–Kier alpha value is -1.95. The van der Waals surface area contributed by atoms with Crippen molar-refractivity contribution < 1.29 is 9.72 Å². The molecule has 1 aromatic carbocycles. The van der Waals surface area contributed by atoms with Crippen LogP contribution < -0.4 is 10.6 Å². The second kappa shape index (κ2) is 5.40. The lowest BCUT2D eigenvalue weighted by atomic mass is 10.1. The summed E-state index contributed by atoms with van der Waals surface area (Å²) in [5.74, 6) is -0.378. The summed E-state index contributed by atoms with van der Waals surface area (Å²) in [5.41, 5.74) is 6.03. The third-order valence-electron chi connectivity index (χ3n) is 2.55. The van der Waals surface area contributed by atoms with Gasteiger partial charge < -0.3 is 10.6 Å². The fourth-order valence-electron chi connectivity index (χ4n) is 1.36. The van der Waals surface area contributed by atoms with Crippen LogP contribution in [-0.2, 0) is 4.79 Å². The molecule has 2 N–H and O–H groups in total. The van der Waals surface area contributed by atoms with E-state index in [1.807, 2.05) is 0 Å². The van der Waals surface area contributed by atoms with E-state index < -0.39 is 4.92 Å². The lowest BCUT2D eigenvalue weighted by molar-refractivity contribution is -0.384.